The highest BCUT2D eigenvalue weighted by molar-refractivity contribution is 7.92. The Balaban J connectivity index is 1.49. The molecule has 2 N–H and O–H groups in total. The minimum absolute atomic E-state index is 0.267. The van der Waals surface area contributed by atoms with E-state index in [4.69, 9.17) is 0 Å². The van der Waals surface area contributed by atoms with E-state index in [-0.39, 0.29) is 4.90 Å². The van der Waals surface area contributed by atoms with E-state index >= 15 is 0 Å². The Labute approximate surface area is 181 Å². The van der Waals surface area contributed by atoms with Crippen molar-refractivity contribution in [3.63, 3.8) is 0 Å². The number of imidazole rings is 1. The third kappa shape index (κ3) is 4.56. The van der Waals surface area contributed by atoms with E-state index in [1.54, 1.807) is 49.5 Å². The maximum atomic E-state index is 12.7. The molecule has 0 aliphatic rings. The molecule has 4 rings (SSSR count). The van der Waals surface area contributed by atoms with Crippen LogP contribution in [0.5, 0.6) is 0 Å². The van der Waals surface area contributed by atoms with Crippen LogP contribution >= 0.6 is 0 Å². The van der Waals surface area contributed by atoms with Crippen molar-refractivity contribution in [3.05, 3.63) is 84.2 Å². The molecule has 31 heavy (non-hydrogen) atoms. The molecular formula is C22H22N6O2S. The van der Waals surface area contributed by atoms with Crippen LogP contribution in [0.15, 0.2) is 72.1 Å². The van der Waals surface area contributed by atoms with Crippen molar-refractivity contribution in [2.45, 2.75) is 25.7 Å². The summed E-state index contributed by atoms with van der Waals surface area (Å²) in [6.07, 6.45) is 5.02. The number of aryl methyl sites for hydroxylation is 3. The largest absolute Gasteiger partial charge is 0.340 e. The van der Waals surface area contributed by atoms with Gasteiger partial charge in [0.2, 0.25) is 0 Å². The molecule has 0 amide bonds. The monoisotopic (exact) mass is 434 g/mol. The predicted octanol–water partition coefficient (Wildman–Crippen LogP) is 4.13. The Morgan fingerprint density at radius 1 is 0.871 bits per heavy atom. The van der Waals surface area contributed by atoms with Crippen LogP contribution < -0.4 is 10.0 Å². The highest BCUT2D eigenvalue weighted by Gasteiger charge is 2.16. The first-order chi connectivity index (χ1) is 14.8. The summed E-state index contributed by atoms with van der Waals surface area (Å²) in [7, 11) is -3.67. The summed E-state index contributed by atoms with van der Waals surface area (Å²) in [6.45, 7) is 5.61. The molecule has 158 valence electrons. The number of rotatable bonds is 6. The van der Waals surface area contributed by atoms with Crippen molar-refractivity contribution in [2.75, 3.05) is 10.0 Å². The van der Waals surface area contributed by atoms with E-state index < -0.39 is 10.0 Å². The second kappa shape index (κ2) is 8.19. The Hall–Kier alpha value is -3.72. The molecule has 0 spiro atoms. The van der Waals surface area contributed by atoms with Gasteiger partial charge in [0, 0.05) is 29.8 Å². The van der Waals surface area contributed by atoms with Crippen LogP contribution in [0.4, 0.5) is 17.2 Å². The fraction of sp³-hybridized carbons (Fsp3) is 0.136. The summed E-state index contributed by atoms with van der Waals surface area (Å²) < 4.78 is 30.0. The lowest BCUT2D eigenvalue weighted by Crippen LogP contribution is -2.14. The van der Waals surface area contributed by atoms with Crippen LogP contribution in [0, 0.1) is 20.8 Å². The normalized spacial score (nSPS) is 11.3. The Bertz CT molecular complexity index is 1330. The summed E-state index contributed by atoms with van der Waals surface area (Å²) in [5, 5.41) is 3.20. The molecule has 0 atom stereocenters. The van der Waals surface area contributed by atoms with Crippen molar-refractivity contribution in [3.8, 4) is 5.82 Å². The maximum Gasteiger partial charge on any atom is 0.262 e. The molecule has 0 saturated carbocycles. The van der Waals surface area contributed by atoms with Gasteiger partial charge in [-0.3, -0.25) is 9.29 Å². The lowest BCUT2D eigenvalue weighted by Gasteiger charge is -2.12. The molecule has 0 radical (unpaired) electrons. The van der Waals surface area contributed by atoms with Crippen molar-refractivity contribution in [1.82, 2.24) is 19.5 Å². The minimum atomic E-state index is -3.67. The molecule has 0 unspecified atom stereocenters. The van der Waals surface area contributed by atoms with E-state index in [2.05, 4.69) is 25.0 Å². The molecular weight excluding hydrogens is 412 g/mol. The standard InChI is InChI=1S/C22H22N6O2S/c1-15-4-9-20(16(2)12-15)31(29,30)27-19-7-5-18(6-8-19)26-21-13-22(25-14-24-21)28-11-10-23-17(28)3/h4-14,27H,1-3H3,(H,24,25,26). The summed E-state index contributed by atoms with van der Waals surface area (Å²) in [5.74, 6) is 2.14. The molecule has 8 nitrogen and oxygen atoms in total. The second-order valence-corrected chi connectivity index (χ2v) is 8.83. The molecule has 0 aliphatic heterocycles. The van der Waals surface area contributed by atoms with E-state index in [0.717, 1.165) is 17.1 Å². The Morgan fingerprint density at radius 2 is 1.61 bits per heavy atom. The average Bonchev–Trinajstić information content (AvgIpc) is 3.15. The fourth-order valence-electron chi connectivity index (χ4n) is 3.25. The maximum absolute atomic E-state index is 12.7. The molecule has 0 fully saturated rings. The van der Waals surface area contributed by atoms with Crippen molar-refractivity contribution >= 4 is 27.2 Å². The average molecular weight is 435 g/mol. The number of nitrogens with one attached hydrogen (secondary N) is 2. The van der Waals surface area contributed by atoms with Gasteiger partial charge in [0.15, 0.2) is 0 Å². The minimum Gasteiger partial charge on any atom is -0.340 e. The van der Waals surface area contributed by atoms with Gasteiger partial charge in [-0.2, -0.15) is 0 Å². The van der Waals surface area contributed by atoms with Crippen molar-refractivity contribution in [2.24, 2.45) is 0 Å². The third-order valence-electron chi connectivity index (χ3n) is 4.75. The first-order valence-electron chi connectivity index (χ1n) is 9.61. The molecule has 0 saturated heterocycles. The quantitative estimate of drug-likeness (QED) is 0.473. The van der Waals surface area contributed by atoms with Gasteiger partial charge in [-0.1, -0.05) is 17.7 Å². The number of anilines is 3. The molecule has 9 heteroatoms. The topological polar surface area (TPSA) is 102 Å². The smallest absolute Gasteiger partial charge is 0.262 e. The summed E-state index contributed by atoms with van der Waals surface area (Å²) >= 11 is 0. The van der Waals surface area contributed by atoms with Crippen molar-refractivity contribution in [1.29, 1.82) is 0 Å². The summed E-state index contributed by atoms with van der Waals surface area (Å²) in [6, 6.07) is 14.0. The fourth-order valence-corrected chi connectivity index (χ4v) is 4.53. The first kappa shape index (κ1) is 20.5. The number of hydrogen-bond acceptors (Lipinski definition) is 6. The van der Waals surface area contributed by atoms with E-state index in [0.29, 0.717) is 22.9 Å². The predicted molar refractivity (Wildman–Crippen MR) is 120 cm³/mol. The summed E-state index contributed by atoms with van der Waals surface area (Å²) in [5.41, 5.74) is 2.96. The SMILES string of the molecule is Cc1ccc(S(=O)(=O)Nc2ccc(Nc3cc(-n4ccnc4C)ncn3)cc2)c(C)c1. The molecule has 2 aromatic heterocycles. The van der Waals surface area contributed by atoms with Crippen LogP contribution in [0.25, 0.3) is 5.82 Å². The zero-order valence-electron chi connectivity index (χ0n) is 17.4. The molecule has 4 aromatic rings. The number of sulfonamides is 1. The Kier molecular flexibility index (Phi) is 5.43. The van der Waals surface area contributed by atoms with Gasteiger partial charge in [0.1, 0.15) is 23.8 Å². The van der Waals surface area contributed by atoms with E-state index in [9.17, 15) is 8.42 Å². The van der Waals surface area contributed by atoms with Gasteiger partial charge < -0.3 is 5.32 Å². The highest BCUT2D eigenvalue weighted by Crippen LogP contribution is 2.23. The second-order valence-electron chi connectivity index (χ2n) is 7.18. The van der Waals surface area contributed by atoms with E-state index in [1.165, 1.54) is 6.33 Å². The van der Waals surface area contributed by atoms with Crippen LogP contribution in [-0.2, 0) is 10.0 Å². The van der Waals surface area contributed by atoms with Gasteiger partial charge in [-0.05, 0) is 56.7 Å². The highest BCUT2D eigenvalue weighted by atomic mass is 32.2. The van der Waals surface area contributed by atoms with Crippen LogP contribution in [0.3, 0.4) is 0 Å². The molecule has 0 bridgehead atoms. The number of nitrogens with zero attached hydrogens (tertiary/aromatic N) is 4. The van der Waals surface area contributed by atoms with Gasteiger partial charge in [-0.15, -0.1) is 0 Å². The number of aromatic nitrogens is 4. The number of hydrogen-bond donors (Lipinski definition) is 2. The first-order valence-corrected chi connectivity index (χ1v) is 11.1. The Morgan fingerprint density at radius 3 is 2.29 bits per heavy atom. The van der Waals surface area contributed by atoms with Crippen LogP contribution in [-0.4, -0.2) is 27.9 Å². The van der Waals surface area contributed by atoms with Gasteiger partial charge in [0.25, 0.3) is 10.0 Å². The zero-order valence-corrected chi connectivity index (χ0v) is 18.2. The lowest BCUT2D eigenvalue weighted by atomic mass is 10.2. The van der Waals surface area contributed by atoms with Crippen molar-refractivity contribution < 1.29 is 8.42 Å². The molecule has 0 aliphatic carbocycles. The number of benzene rings is 2. The van der Waals surface area contributed by atoms with Crippen LogP contribution in [0.2, 0.25) is 0 Å². The van der Waals surface area contributed by atoms with Crippen LogP contribution in [0.1, 0.15) is 17.0 Å². The zero-order chi connectivity index (χ0) is 22.0. The van der Waals surface area contributed by atoms with E-state index in [1.807, 2.05) is 36.7 Å². The molecule has 2 aromatic carbocycles. The molecule has 2 heterocycles. The lowest BCUT2D eigenvalue weighted by molar-refractivity contribution is 0.600. The van der Waals surface area contributed by atoms with Gasteiger partial charge >= 0.3 is 0 Å². The van der Waals surface area contributed by atoms with Gasteiger partial charge in [-0.25, -0.2) is 23.4 Å². The third-order valence-corrected chi connectivity index (χ3v) is 6.30. The summed E-state index contributed by atoms with van der Waals surface area (Å²) in [4.78, 5) is 13.0. The van der Waals surface area contributed by atoms with Gasteiger partial charge in [0.05, 0.1) is 4.90 Å².